The molecule has 0 saturated carbocycles. The summed E-state index contributed by atoms with van der Waals surface area (Å²) < 4.78 is 27.7. The Morgan fingerprint density at radius 1 is 1.35 bits per heavy atom. The molecule has 0 aliphatic heterocycles. The highest BCUT2D eigenvalue weighted by Crippen LogP contribution is 2.24. The van der Waals surface area contributed by atoms with Crippen molar-refractivity contribution in [3.05, 3.63) is 28.7 Å². The largest absolute Gasteiger partial charge is 0.242 e. The van der Waals surface area contributed by atoms with Crippen molar-refractivity contribution in [3.8, 4) is 0 Å². The summed E-state index contributed by atoms with van der Waals surface area (Å²) in [7, 11) is -3.50. The van der Waals surface area contributed by atoms with Gasteiger partial charge in [0.1, 0.15) is 0 Å². The Hall–Kier alpha value is 0.0900. The van der Waals surface area contributed by atoms with Crippen LogP contribution in [0.5, 0.6) is 0 Å². The third-order valence-electron chi connectivity index (χ3n) is 2.58. The second-order valence-corrected chi connectivity index (χ2v) is 7.15. The van der Waals surface area contributed by atoms with E-state index in [2.05, 4.69) is 36.6 Å². The van der Waals surface area contributed by atoms with Gasteiger partial charge in [0.25, 0.3) is 0 Å². The standard InChI is InChI=1S/C11H15Br2NO2S/c1-3-11(2,8-12)14-17(15,16)10-7-5-4-6-9(10)13/h4-7,14H,3,8H2,1-2H3. The van der Waals surface area contributed by atoms with E-state index >= 15 is 0 Å². The molecule has 17 heavy (non-hydrogen) atoms. The Bertz CT molecular complexity index is 484. The lowest BCUT2D eigenvalue weighted by Crippen LogP contribution is -2.46. The zero-order valence-electron chi connectivity index (χ0n) is 9.70. The summed E-state index contributed by atoms with van der Waals surface area (Å²) in [5.74, 6) is 0. The summed E-state index contributed by atoms with van der Waals surface area (Å²) >= 11 is 6.59. The maximum atomic E-state index is 12.2. The van der Waals surface area contributed by atoms with Crippen LogP contribution < -0.4 is 4.72 Å². The summed E-state index contributed by atoms with van der Waals surface area (Å²) in [6, 6.07) is 6.78. The number of rotatable bonds is 5. The fourth-order valence-electron chi connectivity index (χ4n) is 1.24. The average Bonchev–Trinajstić information content (AvgIpc) is 2.28. The van der Waals surface area contributed by atoms with Crippen molar-refractivity contribution >= 4 is 41.9 Å². The Kier molecular flexibility index (Phi) is 5.19. The maximum Gasteiger partial charge on any atom is 0.242 e. The summed E-state index contributed by atoms with van der Waals surface area (Å²) in [5.41, 5.74) is -0.478. The molecule has 1 N–H and O–H groups in total. The molecule has 1 aromatic carbocycles. The van der Waals surface area contributed by atoms with E-state index in [-0.39, 0.29) is 4.90 Å². The molecule has 1 atom stereocenters. The molecular formula is C11H15Br2NO2S. The van der Waals surface area contributed by atoms with Crippen molar-refractivity contribution in [1.29, 1.82) is 0 Å². The topological polar surface area (TPSA) is 46.2 Å². The minimum absolute atomic E-state index is 0.264. The van der Waals surface area contributed by atoms with E-state index in [1.54, 1.807) is 24.3 Å². The minimum atomic E-state index is -3.50. The Balaban J connectivity index is 3.10. The van der Waals surface area contributed by atoms with E-state index in [1.165, 1.54) is 0 Å². The monoisotopic (exact) mass is 383 g/mol. The van der Waals surface area contributed by atoms with Crippen LogP contribution in [0.2, 0.25) is 0 Å². The quantitative estimate of drug-likeness (QED) is 0.791. The van der Waals surface area contributed by atoms with E-state index in [0.29, 0.717) is 16.2 Å². The predicted molar refractivity (Wildman–Crippen MR) is 77.0 cm³/mol. The van der Waals surface area contributed by atoms with Crippen LogP contribution in [0.1, 0.15) is 20.3 Å². The smallest absolute Gasteiger partial charge is 0.207 e. The lowest BCUT2D eigenvalue weighted by molar-refractivity contribution is 0.449. The summed E-state index contributed by atoms with van der Waals surface area (Å²) in [4.78, 5) is 0.264. The first-order valence-corrected chi connectivity index (χ1v) is 8.59. The highest BCUT2D eigenvalue weighted by atomic mass is 79.9. The fourth-order valence-corrected chi connectivity index (χ4v) is 4.44. The van der Waals surface area contributed by atoms with Crippen LogP contribution in [0.25, 0.3) is 0 Å². The first-order valence-electron chi connectivity index (χ1n) is 5.19. The molecule has 0 aromatic heterocycles. The van der Waals surface area contributed by atoms with E-state index in [1.807, 2.05) is 13.8 Å². The van der Waals surface area contributed by atoms with Gasteiger partial charge in [-0.1, -0.05) is 35.0 Å². The minimum Gasteiger partial charge on any atom is -0.207 e. The van der Waals surface area contributed by atoms with Crippen LogP contribution in [-0.2, 0) is 10.0 Å². The maximum absolute atomic E-state index is 12.2. The molecule has 0 saturated heterocycles. The van der Waals surface area contributed by atoms with Gasteiger partial charge >= 0.3 is 0 Å². The number of hydrogen-bond acceptors (Lipinski definition) is 2. The van der Waals surface area contributed by atoms with Gasteiger partial charge in [-0.2, -0.15) is 0 Å². The van der Waals surface area contributed by atoms with Crippen LogP contribution in [0.4, 0.5) is 0 Å². The third kappa shape index (κ3) is 3.77. The van der Waals surface area contributed by atoms with Crippen molar-refractivity contribution in [1.82, 2.24) is 4.72 Å². The van der Waals surface area contributed by atoms with Gasteiger partial charge in [0.2, 0.25) is 10.0 Å². The van der Waals surface area contributed by atoms with Gasteiger partial charge in [0.05, 0.1) is 4.90 Å². The zero-order chi connectivity index (χ0) is 13.1. The molecule has 1 rings (SSSR count). The molecule has 0 heterocycles. The molecule has 0 aliphatic rings. The molecule has 0 aliphatic carbocycles. The van der Waals surface area contributed by atoms with Crippen LogP contribution >= 0.6 is 31.9 Å². The molecule has 1 unspecified atom stereocenters. The average molecular weight is 385 g/mol. The molecule has 1 aromatic rings. The van der Waals surface area contributed by atoms with Crippen LogP contribution in [0.15, 0.2) is 33.6 Å². The van der Waals surface area contributed by atoms with Gasteiger partial charge < -0.3 is 0 Å². The molecule has 0 bridgehead atoms. The van der Waals surface area contributed by atoms with Gasteiger partial charge in [-0.05, 0) is 41.4 Å². The summed E-state index contributed by atoms with van der Waals surface area (Å²) in [6.07, 6.45) is 0.710. The van der Waals surface area contributed by atoms with Gasteiger partial charge in [0.15, 0.2) is 0 Å². The number of sulfonamides is 1. The number of halogens is 2. The zero-order valence-corrected chi connectivity index (χ0v) is 13.7. The van der Waals surface area contributed by atoms with Gasteiger partial charge in [-0.3, -0.25) is 0 Å². The van der Waals surface area contributed by atoms with Crippen LogP contribution in [0, 0.1) is 0 Å². The number of alkyl halides is 1. The molecule has 0 amide bonds. The summed E-state index contributed by atoms with van der Waals surface area (Å²) in [5, 5.41) is 0.570. The lowest BCUT2D eigenvalue weighted by Gasteiger charge is -2.27. The predicted octanol–water partition coefficient (Wildman–Crippen LogP) is 3.29. The molecule has 0 radical (unpaired) electrons. The van der Waals surface area contributed by atoms with E-state index < -0.39 is 15.6 Å². The molecule has 0 fully saturated rings. The normalized spacial score (nSPS) is 15.5. The Morgan fingerprint density at radius 3 is 2.41 bits per heavy atom. The van der Waals surface area contributed by atoms with E-state index in [4.69, 9.17) is 0 Å². The van der Waals surface area contributed by atoms with Gasteiger partial charge in [0, 0.05) is 15.3 Å². The number of benzene rings is 1. The van der Waals surface area contributed by atoms with Crippen LogP contribution in [0.3, 0.4) is 0 Å². The fraction of sp³-hybridized carbons (Fsp3) is 0.455. The molecule has 3 nitrogen and oxygen atoms in total. The highest BCUT2D eigenvalue weighted by Gasteiger charge is 2.28. The van der Waals surface area contributed by atoms with E-state index in [9.17, 15) is 8.42 Å². The first kappa shape index (κ1) is 15.1. The van der Waals surface area contributed by atoms with Crippen LogP contribution in [-0.4, -0.2) is 19.3 Å². The van der Waals surface area contributed by atoms with Gasteiger partial charge in [-0.25, -0.2) is 13.1 Å². The highest BCUT2D eigenvalue weighted by molar-refractivity contribution is 9.10. The molecule has 96 valence electrons. The second-order valence-electron chi connectivity index (χ2n) is 4.08. The van der Waals surface area contributed by atoms with Crippen molar-refractivity contribution in [2.24, 2.45) is 0 Å². The Morgan fingerprint density at radius 2 is 1.94 bits per heavy atom. The third-order valence-corrected chi connectivity index (χ3v) is 6.47. The first-order chi connectivity index (χ1) is 7.84. The molecule has 6 heteroatoms. The molecule has 0 spiro atoms. The lowest BCUT2D eigenvalue weighted by atomic mass is 10.0. The number of nitrogens with one attached hydrogen (secondary N) is 1. The molecular weight excluding hydrogens is 370 g/mol. The van der Waals surface area contributed by atoms with Crippen molar-refractivity contribution in [3.63, 3.8) is 0 Å². The summed E-state index contributed by atoms with van der Waals surface area (Å²) in [6.45, 7) is 3.82. The SMILES string of the molecule is CCC(C)(CBr)NS(=O)(=O)c1ccccc1Br. The van der Waals surface area contributed by atoms with Crippen molar-refractivity contribution < 1.29 is 8.42 Å². The van der Waals surface area contributed by atoms with Crippen molar-refractivity contribution in [2.75, 3.05) is 5.33 Å². The van der Waals surface area contributed by atoms with Gasteiger partial charge in [-0.15, -0.1) is 0 Å². The van der Waals surface area contributed by atoms with E-state index in [0.717, 1.165) is 0 Å². The van der Waals surface area contributed by atoms with Crippen molar-refractivity contribution in [2.45, 2.75) is 30.7 Å². The Labute approximate surface area is 119 Å². The number of hydrogen-bond donors (Lipinski definition) is 1. The second kappa shape index (κ2) is 5.82.